The van der Waals surface area contributed by atoms with Crippen molar-refractivity contribution in [2.75, 3.05) is 25.6 Å². The van der Waals surface area contributed by atoms with E-state index < -0.39 is 0 Å². The summed E-state index contributed by atoms with van der Waals surface area (Å²) in [6.07, 6.45) is 0. The first-order chi connectivity index (χ1) is 11.2. The van der Waals surface area contributed by atoms with Crippen LogP contribution in [0.2, 0.25) is 0 Å². The molecule has 0 aliphatic rings. The summed E-state index contributed by atoms with van der Waals surface area (Å²) in [4.78, 5) is 12.3. The van der Waals surface area contributed by atoms with Gasteiger partial charge in [0.25, 0.3) is 5.91 Å². The lowest BCUT2D eigenvalue weighted by Gasteiger charge is -2.13. The summed E-state index contributed by atoms with van der Waals surface area (Å²) in [5.41, 5.74) is 1.20. The molecule has 1 N–H and O–H groups in total. The molecule has 2 aromatic carbocycles. The van der Waals surface area contributed by atoms with Crippen LogP contribution >= 0.6 is 0 Å². The number of rotatable bonds is 7. The Balaban J connectivity index is 2.14. The van der Waals surface area contributed by atoms with Gasteiger partial charge in [-0.1, -0.05) is 0 Å². The van der Waals surface area contributed by atoms with Gasteiger partial charge in [-0.3, -0.25) is 4.79 Å². The highest BCUT2D eigenvalue weighted by Crippen LogP contribution is 2.30. The Hall–Kier alpha value is -2.69. The maximum atomic E-state index is 12.3. The summed E-state index contributed by atoms with van der Waals surface area (Å²) in [6, 6.07) is 12.3. The van der Waals surface area contributed by atoms with E-state index in [0.717, 1.165) is 0 Å². The normalized spacial score (nSPS) is 10.0. The van der Waals surface area contributed by atoms with Gasteiger partial charge in [-0.05, 0) is 50.2 Å². The number of anilines is 1. The van der Waals surface area contributed by atoms with Gasteiger partial charge in [-0.25, -0.2) is 0 Å². The Morgan fingerprint density at radius 3 is 2.22 bits per heavy atom. The third kappa shape index (κ3) is 4.39. The summed E-state index contributed by atoms with van der Waals surface area (Å²) in [7, 11) is 1.59. The van der Waals surface area contributed by atoms with Crippen LogP contribution in [0.4, 0.5) is 5.69 Å². The third-order valence-corrected chi connectivity index (χ3v) is 3.15. The van der Waals surface area contributed by atoms with Crippen molar-refractivity contribution in [1.29, 1.82) is 0 Å². The Bertz CT molecular complexity index is 653. The smallest absolute Gasteiger partial charge is 0.255 e. The fourth-order valence-corrected chi connectivity index (χ4v) is 2.07. The van der Waals surface area contributed by atoms with Crippen molar-refractivity contribution in [3.8, 4) is 17.2 Å². The standard InChI is InChI=1S/C18H21NO4/c1-4-22-16-11-8-14(12-17(16)23-5-2)19-18(20)13-6-9-15(21-3)10-7-13/h6-12H,4-5H2,1-3H3,(H,19,20). The minimum atomic E-state index is -0.195. The van der Waals surface area contributed by atoms with Crippen molar-refractivity contribution in [2.45, 2.75) is 13.8 Å². The first-order valence-electron chi connectivity index (χ1n) is 7.53. The van der Waals surface area contributed by atoms with Gasteiger partial charge in [0.1, 0.15) is 5.75 Å². The van der Waals surface area contributed by atoms with E-state index in [1.165, 1.54) is 0 Å². The monoisotopic (exact) mass is 315 g/mol. The Kier molecular flexibility index (Phi) is 5.86. The molecular formula is C18H21NO4. The highest BCUT2D eigenvalue weighted by atomic mass is 16.5. The maximum Gasteiger partial charge on any atom is 0.255 e. The van der Waals surface area contributed by atoms with Crippen LogP contribution in [0.3, 0.4) is 0 Å². The van der Waals surface area contributed by atoms with E-state index in [1.54, 1.807) is 49.6 Å². The van der Waals surface area contributed by atoms with Crippen molar-refractivity contribution >= 4 is 11.6 Å². The van der Waals surface area contributed by atoms with Gasteiger partial charge < -0.3 is 19.5 Å². The van der Waals surface area contributed by atoms with Crippen LogP contribution < -0.4 is 19.5 Å². The van der Waals surface area contributed by atoms with Crippen molar-refractivity contribution in [1.82, 2.24) is 0 Å². The average molecular weight is 315 g/mol. The van der Waals surface area contributed by atoms with Crippen LogP contribution in [-0.4, -0.2) is 26.2 Å². The second kappa shape index (κ2) is 8.08. The minimum absolute atomic E-state index is 0.195. The van der Waals surface area contributed by atoms with Crippen LogP contribution in [0.15, 0.2) is 42.5 Å². The van der Waals surface area contributed by atoms with E-state index in [0.29, 0.717) is 41.7 Å². The van der Waals surface area contributed by atoms with Crippen LogP contribution in [0.25, 0.3) is 0 Å². The predicted molar refractivity (Wildman–Crippen MR) is 89.7 cm³/mol. The van der Waals surface area contributed by atoms with Gasteiger partial charge in [0.15, 0.2) is 11.5 Å². The quantitative estimate of drug-likeness (QED) is 0.845. The summed E-state index contributed by atoms with van der Waals surface area (Å²) in [5.74, 6) is 1.79. The van der Waals surface area contributed by atoms with Crippen molar-refractivity contribution in [3.05, 3.63) is 48.0 Å². The topological polar surface area (TPSA) is 56.8 Å². The van der Waals surface area contributed by atoms with Gasteiger partial charge in [0.05, 0.1) is 20.3 Å². The second-order valence-electron chi connectivity index (χ2n) is 4.71. The van der Waals surface area contributed by atoms with Crippen molar-refractivity contribution in [3.63, 3.8) is 0 Å². The minimum Gasteiger partial charge on any atom is -0.497 e. The molecule has 0 aliphatic carbocycles. The zero-order valence-corrected chi connectivity index (χ0v) is 13.6. The number of ether oxygens (including phenoxy) is 3. The fraction of sp³-hybridized carbons (Fsp3) is 0.278. The van der Waals surface area contributed by atoms with Gasteiger partial charge in [0, 0.05) is 17.3 Å². The number of benzene rings is 2. The van der Waals surface area contributed by atoms with Crippen molar-refractivity contribution < 1.29 is 19.0 Å². The first kappa shape index (κ1) is 16.7. The van der Waals surface area contributed by atoms with E-state index in [-0.39, 0.29) is 5.91 Å². The van der Waals surface area contributed by atoms with Crippen LogP contribution in [0.1, 0.15) is 24.2 Å². The number of hydrogen-bond donors (Lipinski definition) is 1. The lowest BCUT2D eigenvalue weighted by atomic mass is 10.2. The molecule has 0 saturated carbocycles. The molecule has 0 bridgehead atoms. The Morgan fingerprint density at radius 1 is 0.957 bits per heavy atom. The molecular weight excluding hydrogens is 294 g/mol. The molecule has 0 fully saturated rings. The lowest BCUT2D eigenvalue weighted by molar-refractivity contribution is 0.102. The number of carbonyl (C=O) groups excluding carboxylic acids is 1. The largest absolute Gasteiger partial charge is 0.497 e. The number of amides is 1. The van der Waals surface area contributed by atoms with E-state index in [4.69, 9.17) is 14.2 Å². The highest BCUT2D eigenvalue weighted by Gasteiger charge is 2.10. The van der Waals surface area contributed by atoms with Crippen LogP contribution in [0.5, 0.6) is 17.2 Å². The van der Waals surface area contributed by atoms with Gasteiger partial charge in [-0.2, -0.15) is 0 Å². The van der Waals surface area contributed by atoms with Crippen LogP contribution in [0, 0.1) is 0 Å². The molecule has 2 aromatic rings. The zero-order valence-electron chi connectivity index (χ0n) is 13.6. The number of carbonyl (C=O) groups is 1. The third-order valence-electron chi connectivity index (χ3n) is 3.15. The van der Waals surface area contributed by atoms with E-state index in [1.807, 2.05) is 13.8 Å². The summed E-state index contributed by atoms with van der Waals surface area (Å²) >= 11 is 0. The summed E-state index contributed by atoms with van der Waals surface area (Å²) in [6.45, 7) is 4.89. The van der Waals surface area contributed by atoms with Crippen LogP contribution in [-0.2, 0) is 0 Å². The van der Waals surface area contributed by atoms with Gasteiger partial charge >= 0.3 is 0 Å². The van der Waals surface area contributed by atoms with E-state index in [2.05, 4.69) is 5.32 Å². The number of nitrogens with one attached hydrogen (secondary N) is 1. The molecule has 0 saturated heterocycles. The number of hydrogen-bond acceptors (Lipinski definition) is 4. The molecule has 122 valence electrons. The number of methoxy groups -OCH3 is 1. The molecule has 0 radical (unpaired) electrons. The zero-order chi connectivity index (χ0) is 16.7. The fourth-order valence-electron chi connectivity index (χ4n) is 2.07. The second-order valence-corrected chi connectivity index (χ2v) is 4.71. The molecule has 1 amide bonds. The molecule has 0 spiro atoms. The van der Waals surface area contributed by atoms with Gasteiger partial charge in [0.2, 0.25) is 0 Å². The molecule has 2 rings (SSSR count). The Morgan fingerprint density at radius 2 is 1.61 bits per heavy atom. The molecule has 0 heterocycles. The molecule has 23 heavy (non-hydrogen) atoms. The highest BCUT2D eigenvalue weighted by molar-refractivity contribution is 6.04. The SMILES string of the molecule is CCOc1ccc(NC(=O)c2ccc(OC)cc2)cc1OCC. The summed E-state index contributed by atoms with van der Waals surface area (Å²) in [5, 5.41) is 2.85. The average Bonchev–Trinajstić information content (AvgIpc) is 2.57. The molecule has 0 aliphatic heterocycles. The molecule has 0 aromatic heterocycles. The molecule has 5 heteroatoms. The van der Waals surface area contributed by atoms with E-state index >= 15 is 0 Å². The summed E-state index contributed by atoms with van der Waals surface area (Å²) < 4.78 is 16.1. The maximum absolute atomic E-state index is 12.3. The lowest BCUT2D eigenvalue weighted by Crippen LogP contribution is -2.12. The molecule has 0 atom stereocenters. The predicted octanol–water partition coefficient (Wildman–Crippen LogP) is 3.74. The molecule has 0 unspecified atom stereocenters. The van der Waals surface area contributed by atoms with Crippen molar-refractivity contribution in [2.24, 2.45) is 0 Å². The molecule has 5 nitrogen and oxygen atoms in total. The van der Waals surface area contributed by atoms with E-state index in [9.17, 15) is 4.79 Å². The first-order valence-corrected chi connectivity index (χ1v) is 7.53. The van der Waals surface area contributed by atoms with Gasteiger partial charge in [-0.15, -0.1) is 0 Å². The Labute approximate surface area is 136 Å².